The number of amides is 1. The summed E-state index contributed by atoms with van der Waals surface area (Å²) < 4.78 is 0. The fourth-order valence-electron chi connectivity index (χ4n) is 3.31. The molecule has 1 amide bonds. The number of aryl methyl sites for hydroxylation is 2. The topological polar surface area (TPSA) is 32.3 Å². The predicted molar refractivity (Wildman–Crippen MR) is 83.9 cm³/mol. The number of rotatable bonds is 3. The van der Waals surface area contributed by atoms with Crippen molar-refractivity contribution in [3.05, 3.63) is 29.3 Å². The van der Waals surface area contributed by atoms with Crippen molar-refractivity contribution >= 4 is 11.6 Å². The fraction of sp³-hybridized carbons (Fsp3) is 0.588. The van der Waals surface area contributed by atoms with E-state index in [0.29, 0.717) is 18.4 Å². The third-order valence-corrected chi connectivity index (χ3v) is 4.06. The zero-order valence-electron chi connectivity index (χ0n) is 13.1. The molecule has 0 aliphatic carbocycles. The number of carbonyl (C=O) groups excluding carboxylic acids is 1. The van der Waals surface area contributed by atoms with E-state index in [0.717, 1.165) is 29.9 Å². The minimum atomic E-state index is 0.101. The van der Waals surface area contributed by atoms with E-state index in [1.807, 2.05) is 32.0 Å². The van der Waals surface area contributed by atoms with Crippen LogP contribution < -0.4 is 5.32 Å². The standard InChI is InChI=1S/C17H26N2O/c1-12-8-13(2)10-19(9-12)11-16(20)18-17-14(3)6-5-7-15(17)4/h5-7,12-13H,8-11H2,1-4H3,(H,18,20)/t12-,13-/m0/s1. The number of piperidine rings is 1. The normalized spacial score (nSPS) is 23.6. The van der Waals surface area contributed by atoms with Crippen LogP contribution in [-0.2, 0) is 4.79 Å². The largest absolute Gasteiger partial charge is 0.324 e. The van der Waals surface area contributed by atoms with E-state index in [2.05, 4.69) is 24.1 Å². The number of carbonyl (C=O) groups is 1. The molecule has 1 heterocycles. The number of para-hydroxylation sites is 1. The maximum atomic E-state index is 12.2. The molecule has 0 unspecified atom stereocenters. The second kappa shape index (κ2) is 6.40. The Morgan fingerprint density at radius 3 is 2.30 bits per heavy atom. The lowest BCUT2D eigenvalue weighted by Crippen LogP contribution is -2.42. The Hall–Kier alpha value is -1.35. The quantitative estimate of drug-likeness (QED) is 0.918. The number of nitrogens with one attached hydrogen (secondary N) is 1. The second-order valence-electron chi connectivity index (χ2n) is 6.46. The van der Waals surface area contributed by atoms with Gasteiger partial charge in [-0.3, -0.25) is 9.69 Å². The molecule has 0 radical (unpaired) electrons. The summed E-state index contributed by atoms with van der Waals surface area (Å²) in [7, 11) is 0. The predicted octanol–water partition coefficient (Wildman–Crippen LogP) is 3.22. The van der Waals surface area contributed by atoms with Gasteiger partial charge in [0.25, 0.3) is 0 Å². The first-order chi connectivity index (χ1) is 9.45. The third kappa shape index (κ3) is 3.83. The van der Waals surface area contributed by atoms with Crippen molar-refractivity contribution in [2.75, 3.05) is 25.0 Å². The average Bonchev–Trinajstić information content (AvgIpc) is 2.32. The van der Waals surface area contributed by atoms with Gasteiger partial charge in [-0.15, -0.1) is 0 Å². The summed E-state index contributed by atoms with van der Waals surface area (Å²) in [6.45, 7) is 11.2. The smallest absolute Gasteiger partial charge is 0.238 e. The number of anilines is 1. The second-order valence-corrected chi connectivity index (χ2v) is 6.46. The summed E-state index contributed by atoms with van der Waals surface area (Å²) in [6.07, 6.45) is 1.27. The van der Waals surface area contributed by atoms with Crippen molar-refractivity contribution in [1.82, 2.24) is 4.90 Å². The molecule has 0 aromatic heterocycles. The molecular formula is C17H26N2O. The van der Waals surface area contributed by atoms with Crippen LogP contribution in [0.15, 0.2) is 18.2 Å². The van der Waals surface area contributed by atoms with Gasteiger partial charge in [-0.1, -0.05) is 32.0 Å². The van der Waals surface area contributed by atoms with Crippen LogP contribution in [0.5, 0.6) is 0 Å². The van der Waals surface area contributed by atoms with Gasteiger partial charge in [-0.2, -0.15) is 0 Å². The van der Waals surface area contributed by atoms with E-state index < -0.39 is 0 Å². The Labute approximate surface area is 122 Å². The molecule has 1 fully saturated rings. The zero-order chi connectivity index (χ0) is 14.7. The van der Waals surface area contributed by atoms with Crippen molar-refractivity contribution in [3.63, 3.8) is 0 Å². The highest BCUT2D eigenvalue weighted by Crippen LogP contribution is 2.22. The van der Waals surface area contributed by atoms with Gasteiger partial charge < -0.3 is 5.32 Å². The molecule has 3 heteroatoms. The zero-order valence-corrected chi connectivity index (χ0v) is 13.1. The van der Waals surface area contributed by atoms with Crippen LogP contribution >= 0.6 is 0 Å². The molecule has 20 heavy (non-hydrogen) atoms. The third-order valence-electron chi connectivity index (χ3n) is 4.06. The molecule has 1 N–H and O–H groups in total. The van der Waals surface area contributed by atoms with Gasteiger partial charge in [0.15, 0.2) is 0 Å². The van der Waals surface area contributed by atoms with Gasteiger partial charge >= 0.3 is 0 Å². The van der Waals surface area contributed by atoms with Gasteiger partial charge in [-0.25, -0.2) is 0 Å². The maximum absolute atomic E-state index is 12.2. The van der Waals surface area contributed by atoms with Crippen LogP contribution in [0, 0.1) is 25.7 Å². The Morgan fingerprint density at radius 2 is 1.75 bits per heavy atom. The minimum absolute atomic E-state index is 0.101. The molecule has 0 saturated carbocycles. The lowest BCUT2D eigenvalue weighted by atomic mass is 9.92. The minimum Gasteiger partial charge on any atom is -0.324 e. The lowest BCUT2D eigenvalue weighted by molar-refractivity contribution is -0.117. The SMILES string of the molecule is Cc1cccc(C)c1NC(=O)CN1C[C@@H](C)C[C@H](C)C1. The van der Waals surface area contributed by atoms with Crippen LogP contribution in [0.3, 0.4) is 0 Å². The van der Waals surface area contributed by atoms with Gasteiger partial charge in [-0.05, 0) is 43.2 Å². The van der Waals surface area contributed by atoms with Crippen molar-refractivity contribution in [2.45, 2.75) is 34.1 Å². The Morgan fingerprint density at radius 1 is 1.20 bits per heavy atom. The van der Waals surface area contributed by atoms with E-state index in [1.165, 1.54) is 6.42 Å². The highest BCUT2D eigenvalue weighted by atomic mass is 16.2. The van der Waals surface area contributed by atoms with Crippen LogP contribution in [0.1, 0.15) is 31.4 Å². The summed E-state index contributed by atoms with van der Waals surface area (Å²) in [5, 5.41) is 3.07. The highest BCUT2D eigenvalue weighted by molar-refractivity contribution is 5.93. The molecular weight excluding hydrogens is 248 g/mol. The molecule has 1 aromatic carbocycles. The first-order valence-electron chi connectivity index (χ1n) is 7.54. The van der Waals surface area contributed by atoms with Crippen LogP contribution in [0.4, 0.5) is 5.69 Å². The Balaban J connectivity index is 1.95. The van der Waals surface area contributed by atoms with Crippen LogP contribution in [-0.4, -0.2) is 30.4 Å². The molecule has 0 spiro atoms. The van der Waals surface area contributed by atoms with Crippen molar-refractivity contribution in [2.24, 2.45) is 11.8 Å². The Bertz CT molecular complexity index is 454. The van der Waals surface area contributed by atoms with Gasteiger partial charge in [0.2, 0.25) is 5.91 Å². The summed E-state index contributed by atoms with van der Waals surface area (Å²) in [5.74, 6) is 1.47. The van der Waals surface area contributed by atoms with E-state index in [4.69, 9.17) is 0 Å². The summed E-state index contributed by atoms with van der Waals surface area (Å²) in [6, 6.07) is 6.09. The molecule has 3 nitrogen and oxygen atoms in total. The highest BCUT2D eigenvalue weighted by Gasteiger charge is 2.23. The molecule has 1 aromatic rings. The van der Waals surface area contributed by atoms with E-state index in [9.17, 15) is 4.79 Å². The number of likely N-dealkylation sites (tertiary alicyclic amines) is 1. The number of benzene rings is 1. The molecule has 2 atom stereocenters. The number of hydrogen-bond acceptors (Lipinski definition) is 2. The van der Waals surface area contributed by atoms with Crippen molar-refractivity contribution in [1.29, 1.82) is 0 Å². The summed E-state index contributed by atoms with van der Waals surface area (Å²) in [4.78, 5) is 14.5. The van der Waals surface area contributed by atoms with Crippen LogP contribution in [0.2, 0.25) is 0 Å². The monoisotopic (exact) mass is 274 g/mol. The molecule has 1 aliphatic rings. The van der Waals surface area contributed by atoms with E-state index >= 15 is 0 Å². The molecule has 1 aliphatic heterocycles. The average molecular weight is 274 g/mol. The first kappa shape index (κ1) is 15.0. The lowest BCUT2D eigenvalue weighted by Gasteiger charge is -2.34. The van der Waals surface area contributed by atoms with E-state index in [-0.39, 0.29) is 5.91 Å². The summed E-state index contributed by atoms with van der Waals surface area (Å²) >= 11 is 0. The molecule has 2 rings (SSSR count). The molecule has 110 valence electrons. The Kier molecular flexibility index (Phi) is 4.81. The van der Waals surface area contributed by atoms with Crippen LogP contribution in [0.25, 0.3) is 0 Å². The van der Waals surface area contributed by atoms with Gasteiger partial charge in [0.1, 0.15) is 0 Å². The molecule has 0 bridgehead atoms. The summed E-state index contributed by atoms with van der Waals surface area (Å²) in [5.41, 5.74) is 3.22. The number of hydrogen-bond donors (Lipinski definition) is 1. The molecule has 1 saturated heterocycles. The van der Waals surface area contributed by atoms with Gasteiger partial charge in [0.05, 0.1) is 6.54 Å². The van der Waals surface area contributed by atoms with Crippen molar-refractivity contribution < 1.29 is 4.79 Å². The fourth-order valence-corrected chi connectivity index (χ4v) is 3.31. The van der Waals surface area contributed by atoms with Gasteiger partial charge in [0, 0.05) is 18.8 Å². The number of nitrogens with zero attached hydrogens (tertiary/aromatic N) is 1. The van der Waals surface area contributed by atoms with E-state index in [1.54, 1.807) is 0 Å². The van der Waals surface area contributed by atoms with Crippen molar-refractivity contribution in [3.8, 4) is 0 Å². The first-order valence-corrected chi connectivity index (χ1v) is 7.54. The maximum Gasteiger partial charge on any atom is 0.238 e.